The Morgan fingerprint density at radius 1 is 1.06 bits per heavy atom. The molecule has 0 N–H and O–H groups in total. The monoisotopic (exact) mass is 487 g/mol. The molecule has 3 heterocycles. The largest absolute Gasteiger partial charge is 0.411 e. The molecule has 0 unspecified atom stereocenters. The Morgan fingerprint density at radius 2 is 1.76 bits per heavy atom. The van der Waals surface area contributed by atoms with E-state index >= 15 is 0 Å². The molecule has 0 radical (unpaired) electrons. The number of hydrogen-bond acceptors (Lipinski definition) is 12. The Bertz CT molecular complexity index is 1180. The molecule has 0 saturated heterocycles. The second-order valence-electron chi connectivity index (χ2n) is 5.50. The summed E-state index contributed by atoms with van der Waals surface area (Å²) in [5, 5.41) is 25.7. The van der Waals surface area contributed by atoms with Gasteiger partial charge in [-0.15, -0.1) is 15.1 Å². The van der Waals surface area contributed by atoms with Crippen LogP contribution in [0.5, 0.6) is 0 Å². The van der Waals surface area contributed by atoms with Gasteiger partial charge in [0.2, 0.25) is 17.6 Å². The van der Waals surface area contributed by atoms with E-state index in [0.29, 0.717) is 11.1 Å². The molecule has 4 rings (SSSR count). The van der Waals surface area contributed by atoms with Crippen molar-refractivity contribution in [2.24, 2.45) is 5.18 Å². The van der Waals surface area contributed by atoms with E-state index in [1.807, 2.05) is 27.7 Å². The minimum Gasteiger partial charge on any atom is -0.411 e. The van der Waals surface area contributed by atoms with Crippen LogP contribution in [-0.2, 0) is 5.75 Å². The van der Waals surface area contributed by atoms with Crippen molar-refractivity contribution in [1.82, 2.24) is 25.3 Å². The quantitative estimate of drug-likeness (QED) is 0.121. The summed E-state index contributed by atoms with van der Waals surface area (Å²) in [7, 11) is 0. The first-order valence-electron chi connectivity index (χ1n) is 9.95. The van der Waals surface area contributed by atoms with Gasteiger partial charge in [0.05, 0.1) is 10.7 Å². The van der Waals surface area contributed by atoms with Crippen LogP contribution in [-0.4, -0.2) is 30.2 Å². The van der Waals surface area contributed by atoms with Gasteiger partial charge < -0.3 is 8.94 Å². The van der Waals surface area contributed by atoms with Gasteiger partial charge in [0.25, 0.3) is 10.9 Å². The lowest BCUT2D eigenvalue weighted by Crippen LogP contribution is -1.89. The van der Waals surface area contributed by atoms with Crippen LogP contribution in [0.15, 0.2) is 62.1 Å². The first-order chi connectivity index (χ1) is 16.1. The lowest BCUT2D eigenvalue weighted by molar-refractivity contribution is -0.384. The summed E-state index contributed by atoms with van der Waals surface area (Å²) in [6.07, 6.45) is 3.23. The van der Waals surface area contributed by atoms with Crippen LogP contribution in [0, 0.1) is 15.0 Å². The number of nitroso groups, excluding NO2 is 1. The number of nitrogens with zero attached hydrogens (tertiary/aromatic N) is 7. The Labute approximate surface area is 200 Å². The zero-order chi connectivity index (χ0) is 24.2. The highest BCUT2D eigenvalue weighted by Crippen LogP contribution is 2.30. The number of rotatable bonds is 7. The van der Waals surface area contributed by atoms with Crippen LogP contribution in [0.1, 0.15) is 41.0 Å². The number of thioether (sulfide) groups is 1. The van der Waals surface area contributed by atoms with Crippen LogP contribution in [0.3, 0.4) is 0 Å². The summed E-state index contributed by atoms with van der Waals surface area (Å²) in [4.78, 5) is 29.2. The van der Waals surface area contributed by atoms with Crippen molar-refractivity contribution in [3.63, 3.8) is 0 Å². The molecule has 0 atom stereocenters. The summed E-state index contributed by atoms with van der Waals surface area (Å²) in [5.41, 5.74) is 0.577. The maximum atomic E-state index is 11.0. The highest BCUT2D eigenvalue weighted by Gasteiger charge is 2.17. The lowest BCUT2D eigenvalue weighted by Gasteiger charge is -1.96. The Balaban J connectivity index is 0.00000110. The van der Waals surface area contributed by atoms with Gasteiger partial charge in [-0.3, -0.25) is 15.1 Å². The van der Waals surface area contributed by atoms with E-state index in [0.717, 1.165) is 11.6 Å². The third-order valence-corrected chi connectivity index (χ3v) is 4.40. The van der Waals surface area contributed by atoms with Crippen molar-refractivity contribution in [3.05, 3.63) is 63.6 Å². The van der Waals surface area contributed by atoms with Crippen LogP contribution in [0.4, 0.5) is 11.4 Å². The van der Waals surface area contributed by atoms with E-state index in [-0.39, 0.29) is 41.8 Å². The van der Waals surface area contributed by atoms with Gasteiger partial charge in [0.15, 0.2) is 0 Å². The third kappa shape index (κ3) is 7.27. The molecule has 0 bridgehead atoms. The summed E-state index contributed by atoms with van der Waals surface area (Å²) in [6, 6.07) is 7.11. The lowest BCUT2D eigenvalue weighted by atomic mass is 10.1. The molecule has 0 saturated carbocycles. The smallest absolute Gasteiger partial charge is 0.277 e. The van der Waals surface area contributed by atoms with Gasteiger partial charge in [-0.2, -0.15) is 4.98 Å². The van der Waals surface area contributed by atoms with E-state index in [9.17, 15) is 15.0 Å². The van der Waals surface area contributed by atoms with E-state index in [4.69, 9.17) is 8.94 Å². The SMILES string of the molecule is C.CC.CC.O=Nc1cc(-c2noc(CSc3nnc(-c4ccncc4)o3)n2)cc([N+](=O)[O-])c1. The molecule has 180 valence electrons. The van der Waals surface area contributed by atoms with Crippen molar-refractivity contribution in [3.8, 4) is 22.8 Å². The van der Waals surface area contributed by atoms with Gasteiger partial charge in [0, 0.05) is 35.7 Å². The molecule has 0 aliphatic heterocycles. The predicted octanol–water partition coefficient (Wildman–Crippen LogP) is 6.47. The number of nitro benzene ring substituents is 1. The highest BCUT2D eigenvalue weighted by atomic mass is 32.2. The summed E-state index contributed by atoms with van der Waals surface area (Å²) < 4.78 is 10.7. The minimum absolute atomic E-state index is 0. The fraction of sp³-hybridized carbons (Fsp3) is 0.286. The van der Waals surface area contributed by atoms with Crippen molar-refractivity contribution in [2.45, 2.75) is 46.1 Å². The first-order valence-corrected chi connectivity index (χ1v) is 10.9. The molecule has 0 spiro atoms. The van der Waals surface area contributed by atoms with Gasteiger partial charge >= 0.3 is 0 Å². The number of non-ortho nitro benzene ring substituents is 1. The molecule has 0 aliphatic carbocycles. The molecule has 0 fully saturated rings. The van der Waals surface area contributed by atoms with E-state index < -0.39 is 4.92 Å². The van der Waals surface area contributed by atoms with Crippen LogP contribution in [0.25, 0.3) is 22.8 Å². The van der Waals surface area contributed by atoms with Crippen LogP contribution >= 0.6 is 11.8 Å². The number of hydrogen-bond donors (Lipinski definition) is 0. The average molecular weight is 488 g/mol. The predicted molar refractivity (Wildman–Crippen MR) is 128 cm³/mol. The zero-order valence-electron chi connectivity index (χ0n) is 18.3. The summed E-state index contributed by atoms with van der Waals surface area (Å²) >= 11 is 1.18. The van der Waals surface area contributed by atoms with Gasteiger partial charge in [0.1, 0.15) is 5.69 Å². The van der Waals surface area contributed by atoms with Crippen molar-refractivity contribution in [1.29, 1.82) is 0 Å². The molecule has 0 aliphatic rings. The molecular weight excluding hydrogens is 462 g/mol. The van der Waals surface area contributed by atoms with Crippen LogP contribution in [0.2, 0.25) is 0 Å². The molecule has 1 aromatic carbocycles. The van der Waals surface area contributed by atoms with Crippen molar-refractivity contribution in [2.75, 3.05) is 0 Å². The second-order valence-corrected chi connectivity index (χ2v) is 6.42. The van der Waals surface area contributed by atoms with Crippen molar-refractivity contribution < 1.29 is 13.9 Å². The van der Waals surface area contributed by atoms with Gasteiger partial charge in [-0.05, 0) is 23.4 Å². The average Bonchev–Trinajstić information content (AvgIpc) is 3.55. The summed E-state index contributed by atoms with van der Waals surface area (Å²) in [6.45, 7) is 8.00. The first kappa shape index (κ1) is 28.0. The van der Waals surface area contributed by atoms with Crippen LogP contribution < -0.4 is 0 Å². The van der Waals surface area contributed by atoms with Gasteiger partial charge in [-0.25, -0.2) is 0 Å². The van der Waals surface area contributed by atoms with Crippen molar-refractivity contribution >= 4 is 23.1 Å². The van der Waals surface area contributed by atoms with E-state index in [1.54, 1.807) is 24.5 Å². The maximum absolute atomic E-state index is 11.0. The fourth-order valence-electron chi connectivity index (χ4n) is 2.32. The highest BCUT2D eigenvalue weighted by molar-refractivity contribution is 7.98. The summed E-state index contributed by atoms with van der Waals surface area (Å²) in [5.74, 6) is 0.920. The standard InChI is InChI=1S/C16H9N7O5S.2C2H6.CH4/c24-21-11-5-10(6-12(7-11)23(25)26)14-18-13(28-22-14)8-29-16-20-19-15(27-16)9-1-3-17-4-2-9;2*1-2;/h1-7H,8H2;2*1-2H3;1H4. The molecule has 13 heteroatoms. The molecular formula is C21H25N7O5S. The second kappa shape index (κ2) is 14.2. The minimum atomic E-state index is -0.634. The Kier molecular flexibility index (Phi) is 11.7. The van der Waals surface area contributed by atoms with Gasteiger partial charge in [-0.1, -0.05) is 52.0 Å². The Hall–Kier alpha value is -4.00. The molecule has 0 amide bonds. The number of nitro groups is 1. The third-order valence-electron chi connectivity index (χ3n) is 3.60. The topological polar surface area (TPSA) is 163 Å². The number of aromatic nitrogens is 5. The number of pyridine rings is 1. The molecule has 34 heavy (non-hydrogen) atoms. The normalized spacial score (nSPS) is 9.53. The number of benzene rings is 1. The molecule has 3 aromatic heterocycles. The van der Waals surface area contributed by atoms with E-state index in [2.05, 4.69) is 30.5 Å². The van der Waals surface area contributed by atoms with E-state index in [1.165, 1.54) is 23.9 Å². The zero-order valence-corrected chi connectivity index (χ0v) is 19.1. The molecule has 4 aromatic rings. The maximum Gasteiger partial charge on any atom is 0.277 e. The Morgan fingerprint density at radius 3 is 2.41 bits per heavy atom. The molecule has 12 nitrogen and oxygen atoms in total. The fourth-order valence-corrected chi connectivity index (χ4v) is 2.92.